The molecule has 3 aromatic heterocycles. The fourth-order valence-corrected chi connectivity index (χ4v) is 8.22. The monoisotopic (exact) mass is 601 g/mol. The molecule has 0 saturated heterocycles. The maximum Gasteiger partial charge on any atom is 0.145 e. The predicted molar refractivity (Wildman–Crippen MR) is 196 cm³/mol. The quantitative estimate of drug-likeness (QED) is 0.198. The van der Waals surface area contributed by atoms with Crippen molar-refractivity contribution in [1.82, 2.24) is 14.1 Å². The van der Waals surface area contributed by atoms with Crippen molar-refractivity contribution in [2.45, 2.75) is 19.3 Å². The molecule has 9 aromatic rings. The van der Waals surface area contributed by atoms with Crippen LogP contribution < -0.4 is 0 Å². The highest BCUT2D eigenvalue weighted by molar-refractivity contribution is 6.16. The molecule has 47 heavy (non-hydrogen) atoms. The summed E-state index contributed by atoms with van der Waals surface area (Å²) in [6.07, 6.45) is 1.89. The van der Waals surface area contributed by atoms with Crippen LogP contribution in [0.25, 0.3) is 77.4 Å². The number of pyridine rings is 1. The van der Waals surface area contributed by atoms with Gasteiger partial charge in [0.2, 0.25) is 0 Å². The summed E-state index contributed by atoms with van der Waals surface area (Å²) in [5.74, 6) is 0. The zero-order valence-corrected chi connectivity index (χ0v) is 26.3. The van der Waals surface area contributed by atoms with Crippen molar-refractivity contribution in [2.75, 3.05) is 0 Å². The number of hydrogen-bond donors (Lipinski definition) is 0. The van der Waals surface area contributed by atoms with Gasteiger partial charge in [-0.1, -0.05) is 105 Å². The average Bonchev–Trinajstić information content (AvgIpc) is 3.72. The third-order valence-corrected chi connectivity index (χ3v) is 10.4. The van der Waals surface area contributed by atoms with Gasteiger partial charge in [0.1, 0.15) is 5.65 Å². The number of hydrogen-bond acceptors (Lipinski definition) is 1. The van der Waals surface area contributed by atoms with Crippen LogP contribution in [-0.4, -0.2) is 14.1 Å². The van der Waals surface area contributed by atoms with Crippen LogP contribution in [-0.2, 0) is 5.41 Å². The summed E-state index contributed by atoms with van der Waals surface area (Å²) in [4.78, 5) is 4.86. The topological polar surface area (TPSA) is 22.8 Å². The highest BCUT2D eigenvalue weighted by Gasteiger charge is 2.35. The van der Waals surface area contributed by atoms with Crippen LogP contribution in [0.15, 0.2) is 152 Å². The molecule has 0 N–H and O–H groups in total. The molecule has 3 nitrogen and oxygen atoms in total. The standard InChI is InChI=1S/C44H31N3/c1-44(2)37-18-8-6-14-32(37)33-23-21-28(26-38(33)44)31-16-10-20-40-42(31)36-24-22-30(27-41(36)46(40)29-12-4-3-5-13-29)47-39-19-9-7-15-34(39)35-17-11-25-45-43(35)47/h3-27H,1-2H3. The molecule has 0 aliphatic heterocycles. The van der Waals surface area contributed by atoms with Crippen molar-refractivity contribution in [3.05, 3.63) is 163 Å². The maximum atomic E-state index is 4.86. The second-order valence-corrected chi connectivity index (χ2v) is 13.2. The first-order valence-corrected chi connectivity index (χ1v) is 16.3. The van der Waals surface area contributed by atoms with Crippen molar-refractivity contribution < 1.29 is 0 Å². The first-order valence-electron chi connectivity index (χ1n) is 16.3. The lowest BCUT2D eigenvalue weighted by atomic mass is 9.81. The lowest BCUT2D eigenvalue weighted by molar-refractivity contribution is 0.660. The predicted octanol–water partition coefficient (Wildman–Crippen LogP) is 11.2. The summed E-state index contributed by atoms with van der Waals surface area (Å²) in [6.45, 7) is 4.71. The molecule has 3 heterocycles. The Kier molecular flexibility index (Phi) is 5.34. The first kappa shape index (κ1) is 26.3. The zero-order valence-electron chi connectivity index (χ0n) is 26.3. The molecule has 0 amide bonds. The molecule has 6 aromatic carbocycles. The van der Waals surface area contributed by atoms with E-state index in [0.29, 0.717) is 0 Å². The Labute approximate surface area is 273 Å². The van der Waals surface area contributed by atoms with E-state index in [2.05, 4.69) is 163 Å². The summed E-state index contributed by atoms with van der Waals surface area (Å²) in [6, 6.07) is 53.2. The van der Waals surface area contributed by atoms with Gasteiger partial charge in [-0.15, -0.1) is 0 Å². The largest absolute Gasteiger partial charge is 0.309 e. The molecule has 0 radical (unpaired) electrons. The second kappa shape index (κ2) is 9.54. The van der Waals surface area contributed by atoms with E-state index in [9.17, 15) is 0 Å². The molecule has 0 saturated carbocycles. The number of nitrogens with zero attached hydrogens (tertiary/aromatic N) is 3. The van der Waals surface area contributed by atoms with Gasteiger partial charge in [0.15, 0.2) is 0 Å². The lowest BCUT2D eigenvalue weighted by Crippen LogP contribution is -2.14. The normalized spacial score (nSPS) is 13.5. The van der Waals surface area contributed by atoms with Crippen LogP contribution in [0.3, 0.4) is 0 Å². The Morgan fingerprint density at radius 2 is 1.21 bits per heavy atom. The minimum absolute atomic E-state index is 0.0564. The number of aromatic nitrogens is 3. The van der Waals surface area contributed by atoms with Crippen molar-refractivity contribution in [2.24, 2.45) is 0 Å². The van der Waals surface area contributed by atoms with Gasteiger partial charge in [-0.3, -0.25) is 4.57 Å². The van der Waals surface area contributed by atoms with Crippen LogP contribution in [0.1, 0.15) is 25.0 Å². The second-order valence-electron chi connectivity index (χ2n) is 13.2. The van der Waals surface area contributed by atoms with Gasteiger partial charge in [0, 0.05) is 44.5 Å². The first-order chi connectivity index (χ1) is 23.1. The van der Waals surface area contributed by atoms with E-state index < -0.39 is 0 Å². The smallest absolute Gasteiger partial charge is 0.145 e. The molecule has 0 spiro atoms. The van der Waals surface area contributed by atoms with E-state index in [1.807, 2.05) is 12.3 Å². The fraction of sp³-hybridized carbons (Fsp3) is 0.0682. The maximum absolute atomic E-state index is 4.86. The lowest BCUT2D eigenvalue weighted by Gasteiger charge is -2.22. The summed E-state index contributed by atoms with van der Waals surface area (Å²) < 4.78 is 4.73. The molecule has 222 valence electrons. The summed E-state index contributed by atoms with van der Waals surface area (Å²) in [7, 11) is 0. The minimum atomic E-state index is -0.0564. The van der Waals surface area contributed by atoms with Gasteiger partial charge < -0.3 is 4.57 Å². The Bertz CT molecular complexity index is 2650. The van der Waals surface area contributed by atoms with Gasteiger partial charge in [-0.25, -0.2) is 4.98 Å². The SMILES string of the molecule is CC1(C)c2ccccc2-c2ccc(-c3cccc4c3c3ccc(-n5c6ccccc6c6cccnc65)cc3n4-c3ccccc3)cc21. The third-order valence-electron chi connectivity index (χ3n) is 10.4. The molecule has 0 unspecified atom stereocenters. The Balaban J connectivity index is 1.26. The van der Waals surface area contributed by atoms with E-state index in [1.54, 1.807) is 0 Å². The van der Waals surface area contributed by atoms with Gasteiger partial charge in [0.25, 0.3) is 0 Å². The molecule has 0 atom stereocenters. The van der Waals surface area contributed by atoms with Gasteiger partial charge in [-0.05, 0) is 88.0 Å². The number of benzene rings is 6. The molecule has 1 aliphatic rings. The van der Waals surface area contributed by atoms with Crippen molar-refractivity contribution >= 4 is 43.7 Å². The van der Waals surface area contributed by atoms with Crippen LogP contribution in [0.5, 0.6) is 0 Å². The summed E-state index contributed by atoms with van der Waals surface area (Å²) in [5, 5.41) is 4.88. The Hall–Kier alpha value is -5.93. The van der Waals surface area contributed by atoms with Gasteiger partial charge in [0.05, 0.1) is 16.6 Å². The molecule has 3 heteroatoms. The third kappa shape index (κ3) is 3.60. The number of fused-ring (bicyclic) bond motifs is 9. The van der Waals surface area contributed by atoms with E-state index in [1.165, 1.54) is 60.6 Å². The summed E-state index contributed by atoms with van der Waals surface area (Å²) in [5.41, 5.74) is 14.7. The molecular formula is C44H31N3. The van der Waals surface area contributed by atoms with E-state index in [-0.39, 0.29) is 5.41 Å². The molecular weight excluding hydrogens is 571 g/mol. The molecule has 0 bridgehead atoms. The molecule has 1 aliphatic carbocycles. The Morgan fingerprint density at radius 1 is 0.468 bits per heavy atom. The number of para-hydroxylation sites is 2. The van der Waals surface area contributed by atoms with Crippen molar-refractivity contribution in [3.8, 4) is 33.6 Å². The van der Waals surface area contributed by atoms with Crippen molar-refractivity contribution in [1.29, 1.82) is 0 Å². The van der Waals surface area contributed by atoms with E-state index >= 15 is 0 Å². The van der Waals surface area contributed by atoms with E-state index in [4.69, 9.17) is 4.98 Å². The highest BCUT2D eigenvalue weighted by atomic mass is 15.1. The summed E-state index contributed by atoms with van der Waals surface area (Å²) >= 11 is 0. The average molecular weight is 602 g/mol. The van der Waals surface area contributed by atoms with E-state index in [0.717, 1.165) is 27.9 Å². The van der Waals surface area contributed by atoms with Gasteiger partial charge in [-0.2, -0.15) is 0 Å². The van der Waals surface area contributed by atoms with Gasteiger partial charge >= 0.3 is 0 Å². The zero-order chi connectivity index (χ0) is 31.3. The fourth-order valence-electron chi connectivity index (χ4n) is 8.22. The highest BCUT2D eigenvalue weighted by Crippen LogP contribution is 2.50. The van der Waals surface area contributed by atoms with Crippen LogP contribution in [0.2, 0.25) is 0 Å². The van der Waals surface area contributed by atoms with Crippen LogP contribution in [0.4, 0.5) is 0 Å². The van der Waals surface area contributed by atoms with Crippen LogP contribution >= 0.6 is 0 Å². The minimum Gasteiger partial charge on any atom is -0.309 e. The van der Waals surface area contributed by atoms with Crippen LogP contribution in [0, 0.1) is 0 Å². The molecule has 0 fully saturated rings. The number of rotatable bonds is 3. The molecule has 10 rings (SSSR count). The van der Waals surface area contributed by atoms with Crippen molar-refractivity contribution in [3.63, 3.8) is 0 Å². The Morgan fingerprint density at radius 3 is 2.13 bits per heavy atom.